The molecule has 0 radical (unpaired) electrons. The van der Waals surface area contributed by atoms with Crippen LogP contribution in [0.25, 0.3) is 10.9 Å². The quantitative estimate of drug-likeness (QED) is 0.822. The molecular formula is C13H17N3O. The highest BCUT2D eigenvalue weighted by Gasteiger charge is 2.14. The van der Waals surface area contributed by atoms with Crippen LogP contribution in [0.3, 0.4) is 0 Å². The Morgan fingerprint density at radius 2 is 2.12 bits per heavy atom. The summed E-state index contributed by atoms with van der Waals surface area (Å²) in [4.78, 5) is 5.77. The summed E-state index contributed by atoms with van der Waals surface area (Å²) in [6.45, 7) is 4.07. The van der Waals surface area contributed by atoms with E-state index in [1.165, 1.54) is 16.6 Å². The molecule has 4 nitrogen and oxygen atoms in total. The van der Waals surface area contributed by atoms with Crippen LogP contribution in [0, 0.1) is 0 Å². The van der Waals surface area contributed by atoms with Crippen molar-refractivity contribution < 1.29 is 4.74 Å². The molecule has 2 heterocycles. The Labute approximate surface area is 100 Å². The first kappa shape index (κ1) is 10.6. The van der Waals surface area contributed by atoms with Crippen molar-refractivity contribution in [1.29, 1.82) is 0 Å². The highest BCUT2D eigenvalue weighted by Crippen LogP contribution is 2.27. The molecule has 0 unspecified atom stereocenters. The lowest BCUT2D eigenvalue weighted by molar-refractivity contribution is 0.123. The minimum atomic E-state index is 0.553. The highest BCUT2D eigenvalue weighted by molar-refractivity contribution is 5.92. The Kier molecular flexibility index (Phi) is 2.74. The number of rotatable bonds is 2. The van der Waals surface area contributed by atoms with Gasteiger partial charge in [-0.2, -0.15) is 0 Å². The van der Waals surface area contributed by atoms with Gasteiger partial charge in [0.15, 0.2) is 0 Å². The molecule has 1 fully saturated rings. The summed E-state index contributed by atoms with van der Waals surface area (Å²) >= 11 is 0. The number of H-pyrrole nitrogens is 1. The van der Waals surface area contributed by atoms with Crippen molar-refractivity contribution in [3.8, 4) is 0 Å². The van der Waals surface area contributed by atoms with Crippen LogP contribution in [-0.2, 0) is 11.3 Å². The second-order valence-electron chi connectivity index (χ2n) is 4.34. The van der Waals surface area contributed by atoms with E-state index in [2.05, 4.69) is 34.1 Å². The third-order valence-corrected chi connectivity index (χ3v) is 3.26. The smallest absolute Gasteiger partial charge is 0.0694 e. The van der Waals surface area contributed by atoms with E-state index < -0.39 is 0 Å². The zero-order valence-corrected chi connectivity index (χ0v) is 9.78. The van der Waals surface area contributed by atoms with Gasteiger partial charge in [0.2, 0.25) is 0 Å². The highest BCUT2D eigenvalue weighted by atomic mass is 16.5. The Bertz CT molecular complexity index is 514. The number of fused-ring (bicyclic) bond motifs is 1. The molecule has 0 saturated carbocycles. The molecule has 1 aliphatic heterocycles. The predicted molar refractivity (Wildman–Crippen MR) is 69.2 cm³/mol. The fourth-order valence-electron chi connectivity index (χ4n) is 2.38. The van der Waals surface area contributed by atoms with Crippen molar-refractivity contribution in [2.75, 3.05) is 31.2 Å². The van der Waals surface area contributed by atoms with E-state index in [0.29, 0.717) is 6.54 Å². The Morgan fingerprint density at radius 1 is 1.29 bits per heavy atom. The lowest BCUT2D eigenvalue weighted by Crippen LogP contribution is -2.36. The molecule has 3 rings (SSSR count). The number of morpholine rings is 1. The van der Waals surface area contributed by atoms with E-state index in [1.54, 1.807) is 0 Å². The molecular weight excluding hydrogens is 214 g/mol. The Hall–Kier alpha value is -1.52. The fraction of sp³-hybridized carbons (Fsp3) is 0.385. The number of hydrogen-bond acceptors (Lipinski definition) is 3. The van der Waals surface area contributed by atoms with E-state index in [0.717, 1.165) is 32.0 Å². The monoisotopic (exact) mass is 231 g/mol. The summed E-state index contributed by atoms with van der Waals surface area (Å²) in [5, 5.41) is 1.23. The van der Waals surface area contributed by atoms with E-state index >= 15 is 0 Å². The molecule has 17 heavy (non-hydrogen) atoms. The van der Waals surface area contributed by atoms with Crippen molar-refractivity contribution in [1.82, 2.24) is 4.98 Å². The zero-order chi connectivity index (χ0) is 11.7. The van der Waals surface area contributed by atoms with Crippen LogP contribution < -0.4 is 10.6 Å². The predicted octanol–water partition coefficient (Wildman–Crippen LogP) is 1.46. The number of hydrogen-bond donors (Lipinski definition) is 2. The largest absolute Gasteiger partial charge is 0.378 e. The Balaban J connectivity index is 2.05. The summed E-state index contributed by atoms with van der Waals surface area (Å²) in [6.07, 6.45) is 0. The molecule has 1 saturated heterocycles. The number of para-hydroxylation sites is 1. The van der Waals surface area contributed by atoms with Crippen molar-refractivity contribution in [3.63, 3.8) is 0 Å². The maximum atomic E-state index is 5.68. The van der Waals surface area contributed by atoms with Crippen molar-refractivity contribution in [2.45, 2.75) is 6.54 Å². The summed E-state index contributed by atoms with van der Waals surface area (Å²) in [5.41, 5.74) is 9.21. The van der Waals surface area contributed by atoms with Crippen LogP contribution in [0.5, 0.6) is 0 Å². The van der Waals surface area contributed by atoms with E-state index in [9.17, 15) is 0 Å². The Morgan fingerprint density at radius 3 is 2.88 bits per heavy atom. The maximum Gasteiger partial charge on any atom is 0.0694 e. The number of benzene rings is 1. The number of nitrogens with two attached hydrogens (primary N) is 1. The topological polar surface area (TPSA) is 54.3 Å². The number of nitrogens with one attached hydrogen (secondary N) is 1. The van der Waals surface area contributed by atoms with Gasteiger partial charge in [-0.1, -0.05) is 12.1 Å². The first-order valence-corrected chi connectivity index (χ1v) is 6.02. The number of aromatic nitrogens is 1. The van der Waals surface area contributed by atoms with Gasteiger partial charge in [0.1, 0.15) is 0 Å². The minimum absolute atomic E-state index is 0.553. The van der Waals surface area contributed by atoms with Gasteiger partial charge in [0, 0.05) is 30.7 Å². The van der Waals surface area contributed by atoms with Gasteiger partial charge >= 0.3 is 0 Å². The molecule has 1 aromatic heterocycles. The van der Waals surface area contributed by atoms with Crippen LogP contribution in [0.4, 0.5) is 5.69 Å². The molecule has 0 spiro atoms. The van der Waals surface area contributed by atoms with Crippen molar-refractivity contribution in [2.24, 2.45) is 5.73 Å². The van der Waals surface area contributed by atoms with Crippen LogP contribution >= 0.6 is 0 Å². The molecule has 4 heteroatoms. The van der Waals surface area contributed by atoms with Crippen molar-refractivity contribution >= 4 is 16.6 Å². The van der Waals surface area contributed by atoms with Crippen LogP contribution in [-0.4, -0.2) is 31.3 Å². The van der Waals surface area contributed by atoms with Crippen molar-refractivity contribution in [3.05, 3.63) is 30.0 Å². The second kappa shape index (κ2) is 4.39. The van der Waals surface area contributed by atoms with Gasteiger partial charge < -0.3 is 20.4 Å². The van der Waals surface area contributed by atoms with Gasteiger partial charge in [-0.05, 0) is 12.1 Å². The molecule has 0 bridgehead atoms. The molecule has 3 N–H and O–H groups in total. The number of ether oxygens (including phenoxy) is 1. The summed E-state index contributed by atoms with van der Waals surface area (Å²) in [6, 6.07) is 8.50. The first-order chi connectivity index (χ1) is 8.38. The third kappa shape index (κ3) is 1.90. The number of nitrogens with zero attached hydrogens (tertiary/aromatic N) is 1. The molecule has 1 aromatic carbocycles. The minimum Gasteiger partial charge on any atom is -0.378 e. The lowest BCUT2D eigenvalue weighted by Gasteiger charge is -2.29. The van der Waals surface area contributed by atoms with Gasteiger partial charge in [-0.3, -0.25) is 0 Å². The molecule has 90 valence electrons. The van der Waals surface area contributed by atoms with Crippen LogP contribution in [0.2, 0.25) is 0 Å². The van der Waals surface area contributed by atoms with E-state index in [4.69, 9.17) is 10.5 Å². The van der Waals surface area contributed by atoms with E-state index in [-0.39, 0.29) is 0 Å². The van der Waals surface area contributed by atoms with Gasteiger partial charge in [-0.25, -0.2) is 0 Å². The molecule has 1 aliphatic rings. The van der Waals surface area contributed by atoms with Crippen LogP contribution in [0.1, 0.15) is 5.69 Å². The average molecular weight is 231 g/mol. The van der Waals surface area contributed by atoms with Gasteiger partial charge in [-0.15, -0.1) is 0 Å². The average Bonchev–Trinajstić information content (AvgIpc) is 2.82. The maximum absolute atomic E-state index is 5.68. The second-order valence-corrected chi connectivity index (χ2v) is 4.34. The standard InChI is InChI=1S/C13H17N3O/c14-9-11-8-10-2-1-3-12(13(10)15-11)16-4-6-17-7-5-16/h1-3,8,15H,4-7,9,14H2. The van der Waals surface area contributed by atoms with Gasteiger partial charge in [0.25, 0.3) is 0 Å². The first-order valence-electron chi connectivity index (χ1n) is 6.02. The molecule has 0 atom stereocenters. The van der Waals surface area contributed by atoms with Gasteiger partial charge in [0.05, 0.1) is 24.4 Å². The number of aromatic amines is 1. The van der Waals surface area contributed by atoms with E-state index in [1.807, 2.05) is 0 Å². The van der Waals surface area contributed by atoms with Crippen LogP contribution in [0.15, 0.2) is 24.3 Å². The summed E-state index contributed by atoms with van der Waals surface area (Å²) in [5.74, 6) is 0. The third-order valence-electron chi connectivity index (χ3n) is 3.26. The number of anilines is 1. The molecule has 0 aliphatic carbocycles. The molecule has 2 aromatic rings. The normalized spacial score (nSPS) is 16.6. The SMILES string of the molecule is NCc1cc2cccc(N3CCOCC3)c2[nH]1. The molecule has 0 amide bonds. The zero-order valence-electron chi connectivity index (χ0n) is 9.78. The summed E-state index contributed by atoms with van der Waals surface area (Å²) < 4.78 is 5.39. The fourth-order valence-corrected chi connectivity index (χ4v) is 2.38. The lowest BCUT2D eigenvalue weighted by atomic mass is 10.2. The summed E-state index contributed by atoms with van der Waals surface area (Å²) in [7, 11) is 0.